The Balaban J connectivity index is 1.49. The summed E-state index contributed by atoms with van der Waals surface area (Å²) in [4.78, 5) is 26.5. The zero-order valence-corrected chi connectivity index (χ0v) is 14.2. The maximum absolute atomic E-state index is 13.9. The maximum atomic E-state index is 13.9. The summed E-state index contributed by atoms with van der Waals surface area (Å²) in [5.41, 5.74) is 1.70. The number of nitrogens with zero attached hydrogens (tertiary/aromatic N) is 2. The van der Waals surface area contributed by atoms with Gasteiger partial charge in [0.15, 0.2) is 5.58 Å². The highest BCUT2D eigenvalue weighted by Crippen LogP contribution is 2.29. The third kappa shape index (κ3) is 3.27. The van der Waals surface area contributed by atoms with Gasteiger partial charge in [-0.1, -0.05) is 30.3 Å². The molecule has 1 saturated carbocycles. The molecule has 1 fully saturated rings. The first-order chi connectivity index (χ1) is 12.6. The third-order valence-corrected chi connectivity index (χ3v) is 4.73. The number of benzene rings is 2. The van der Waals surface area contributed by atoms with Crippen molar-refractivity contribution in [3.63, 3.8) is 0 Å². The fourth-order valence-electron chi connectivity index (χ4n) is 3.19. The van der Waals surface area contributed by atoms with Crippen LogP contribution in [0.5, 0.6) is 0 Å². The van der Waals surface area contributed by atoms with Crippen molar-refractivity contribution >= 4 is 17.0 Å². The predicted octanol–water partition coefficient (Wildman–Crippen LogP) is 3.31. The van der Waals surface area contributed by atoms with Crippen LogP contribution in [0.3, 0.4) is 0 Å². The van der Waals surface area contributed by atoms with E-state index in [1.54, 1.807) is 41.3 Å². The molecule has 3 aromatic rings. The molecule has 2 aromatic carbocycles. The molecular weight excluding hydrogens is 335 g/mol. The van der Waals surface area contributed by atoms with Crippen molar-refractivity contribution in [3.8, 4) is 0 Å². The summed E-state index contributed by atoms with van der Waals surface area (Å²) in [7, 11) is 0. The van der Waals surface area contributed by atoms with Crippen molar-refractivity contribution < 1.29 is 13.6 Å². The number of hydrogen-bond donors (Lipinski definition) is 0. The van der Waals surface area contributed by atoms with Crippen molar-refractivity contribution in [2.45, 2.75) is 38.4 Å². The first-order valence-corrected chi connectivity index (χ1v) is 8.75. The van der Waals surface area contributed by atoms with Gasteiger partial charge in [-0.15, -0.1) is 0 Å². The number of para-hydroxylation sites is 2. The molecule has 1 heterocycles. The van der Waals surface area contributed by atoms with Crippen LogP contribution in [-0.2, 0) is 17.9 Å². The van der Waals surface area contributed by atoms with Gasteiger partial charge >= 0.3 is 5.76 Å². The Kier molecular flexibility index (Phi) is 4.32. The van der Waals surface area contributed by atoms with Gasteiger partial charge in [-0.05, 0) is 31.0 Å². The fourth-order valence-corrected chi connectivity index (χ4v) is 3.19. The molecule has 0 bridgehead atoms. The molecule has 0 unspecified atom stereocenters. The van der Waals surface area contributed by atoms with Gasteiger partial charge in [0.2, 0.25) is 5.91 Å². The van der Waals surface area contributed by atoms with Crippen LogP contribution >= 0.6 is 0 Å². The summed E-state index contributed by atoms with van der Waals surface area (Å²) in [5.74, 6) is -0.845. The summed E-state index contributed by atoms with van der Waals surface area (Å²) < 4.78 is 20.6. The highest BCUT2D eigenvalue weighted by Gasteiger charge is 2.32. The molecule has 134 valence electrons. The molecule has 1 aromatic heterocycles. The molecule has 1 amide bonds. The van der Waals surface area contributed by atoms with Gasteiger partial charge in [-0.25, -0.2) is 9.18 Å². The quantitative estimate of drug-likeness (QED) is 0.682. The fraction of sp³-hybridized carbons (Fsp3) is 0.300. The zero-order chi connectivity index (χ0) is 18.1. The molecular formula is C20H19FN2O3. The van der Waals surface area contributed by atoms with E-state index >= 15 is 0 Å². The molecule has 0 aliphatic heterocycles. The highest BCUT2D eigenvalue weighted by atomic mass is 19.1. The first kappa shape index (κ1) is 16.6. The molecule has 0 spiro atoms. The maximum Gasteiger partial charge on any atom is 0.419 e. The van der Waals surface area contributed by atoms with E-state index < -0.39 is 5.76 Å². The van der Waals surface area contributed by atoms with Crippen molar-refractivity contribution in [2.75, 3.05) is 0 Å². The Hall–Kier alpha value is -2.89. The normalized spacial score (nSPS) is 13.9. The van der Waals surface area contributed by atoms with Crippen LogP contribution in [-0.4, -0.2) is 21.4 Å². The standard InChI is InChI=1S/C20H19FN2O3/c21-16-6-2-1-5-14(16)13-23(15-9-10-15)19(24)11-12-22-17-7-3-4-8-18(17)26-20(22)25/h1-8,15H,9-13H2. The molecule has 26 heavy (non-hydrogen) atoms. The third-order valence-electron chi connectivity index (χ3n) is 4.73. The molecule has 4 rings (SSSR count). The highest BCUT2D eigenvalue weighted by molar-refractivity contribution is 5.77. The van der Waals surface area contributed by atoms with Gasteiger partial charge in [0, 0.05) is 31.1 Å². The Morgan fingerprint density at radius 2 is 1.88 bits per heavy atom. The Labute approximate surface area is 149 Å². The van der Waals surface area contributed by atoms with Crippen LogP contribution in [0.15, 0.2) is 57.7 Å². The van der Waals surface area contributed by atoms with E-state index in [-0.39, 0.29) is 37.3 Å². The molecule has 0 N–H and O–H groups in total. The number of rotatable bonds is 6. The molecule has 6 heteroatoms. The van der Waals surface area contributed by atoms with E-state index in [0.717, 1.165) is 12.8 Å². The van der Waals surface area contributed by atoms with Gasteiger partial charge in [0.1, 0.15) is 5.82 Å². The number of oxazole rings is 1. The van der Waals surface area contributed by atoms with Gasteiger partial charge in [0.05, 0.1) is 5.52 Å². The average Bonchev–Trinajstić information content (AvgIpc) is 3.42. The second kappa shape index (κ2) is 6.78. The van der Waals surface area contributed by atoms with Gasteiger partial charge in [-0.3, -0.25) is 9.36 Å². The molecule has 0 saturated heterocycles. The Bertz CT molecular complexity index is 1000. The molecule has 1 aliphatic rings. The zero-order valence-electron chi connectivity index (χ0n) is 14.2. The summed E-state index contributed by atoms with van der Waals surface area (Å²) in [6, 6.07) is 13.8. The largest absolute Gasteiger partial charge is 0.419 e. The van der Waals surface area contributed by atoms with Crippen molar-refractivity contribution in [1.29, 1.82) is 0 Å². The predicted molar refractivity (Wildman–Crippen MR) is 95.1 cm³/mol. The van der Waals surface area contributed by atoms with Gasteiger partial charge in [0.25, 0.3) is 0 Å². The van der Waals surface area contributed by atoms with Crippen LogP contribution < -0.4 is 5.76 Å². The summed E-state index contributed by atoms with van der Waals surface area (Å²) in [5, 5.41) is 0. The summed E-state index contributed by atoms with van der Waals surface area (Å²) in [6.07, 6.45) is 2.05. The second-order valence-electron chi connectivity index (χ2n) is 6.58. The topological polar surface area (TPSA) is 55.5 Å². The van der Waals surface area contributed by atoms with Gasteiger partial charge < -0.3 is 9.32 Å². The van der Waals surface area contributed by atoms with Crippen LogP contribution in [0.2, 0.25) is 0 Å². The SMILES string of the molecule is O=C(CCn1c(=O)oc2ccccc21)N(Cc1ccccc1F)C1CC1. The summed E-state index contributed by atoms with van der Waals surface area (Å²) in [6.45, 7) is 0.506. The molecule has 0 radical (unpaired) electrons. The number of carbonyl (C=O) groups excluding carboxylic acids is 1. The minimum atomic E-state index is -0.467. The average molecular weight is 354 g/mol. The lowest BCUT2D eigenvalue weighted by Gasteiger charge is -2.23. The van der Waals surface area contributed by atoms with Crippen molar-refractivity contribution in [1.82, 2.24) is 9.47 Å². The Morgan fingerprint density at radius 3 is 2.65 bits per heavy atom. The van der Waals surface area contributed by atoms with E-state index in [2.05, 4.69) is 0 Å². The molecule has 0 atom stereocenters. The number of amides is 1. The van der Waals surface area contributed by atoms with E-state index in [9.17, 15) is 14.0 Å². The number of fused-ring (bicyclic) bond motifs is 1. The van der Waals surface area contributed by atoms with E-state index in [4.69, 9.17) is 4.42 Å². The smallest absolute Gasteiger partial charge is 0.408 e. The second-order valence-corrected chi connectivity index (χ2v) is 6.58. The Morgan fingerprint density at radius 1 is 1.15 bits per heavy atom. The number of aryl methyl sites for hydroxylation is 1. The lowest BCUT2D eigenvalue weighted by Crippen LogP contribution is -2.34. The molecule has 5 nitrogen and oxygen atoms in total. The lowest BCUT2D eigenvalue weighted by molar-refractivity contribution is -0.132. The lowest BCUT2D eigenvalue weighted by atomic mass is 10.2. The van der Waals surface area contributed by atoms with E-state index in [0.29, 0.717) is 16.7 Å². The monoisotopic (exact) mass is 354 g/mol. The van der Waals surface area contributed by atoms with Crippen LogP contribution in [0.25, 0.3) is 11.1 Å². The van der Waals surface area contributed by atoms with E-state index in [1.807, 2.05) is 6.07 Å². The minimum Gasteiger partial charge on any atom is -0.408 e. The number of halogens is 1. The van der Waals surface area contributed by atoms with Gasteiger partial charge in [-0.2, -0.15) is 0 Å². The number of carbonyl (C=O) groups is 1. The van der Waals surface area contributed by atoms with Crippen molar-refractivity contribution in [2.24, 2.45) is 0 Å². The minimum absolute atomic E-state index is 0.0760. The van der Waals surface area contributed by atoms with Crippen LogP contribution in [0, 0.1) is 5.82 Å². The van der Waals surface area contributed by atoms with E-state index in [1.165, 1.54) is 10.6 Å². The van der Waals surface area contributed by atoms with Crippen molar-refractivity contribution in [3.05, 3.63) is 70.5 Å². The first-order valence-electron chi connectivity index (χ1n) is 8.75. The number of aromatic nitrogens is 1. The summed E-state index contributed by atoms with van der Waals surface area (Å²) >= 11 is 0. The molecule has 1 aliphatic carbocycles. The van der Waals surface area contributed by atoms with Crippen LogP contribution in [0.4, 0.5) is 4.39 Å². The van der Waals surface area contributed by atoms with Crippen LogP contribution in [0.1, 0.15) is 24.8 Å². The number of hydrogen-bond acceptors (Lipinski definition) is 3.